The maximum Gasteiger partial charge on any atom is 0.276 e. The molecule has 0 fully saturated rings. The average Bonchev–Trinajstić information content (AvgIpc) is 2.48. The van der Waals surface area contributed by atoms with Crippen molar-refractivity contribution in [2.75, 3.05) is 24.8 Å². The predicted molar refractivity (Wildman–Crippen MR) is 79.2 cm³/mol. The van der Waals surface area contributed by atoms with E-state index in [-0.39, 0.29) is 11.3 Å². The van der Waals surface area contributed by atoms with Crippen LogP contribution in [-0.2, 0) is 11.3 Å². The highest BCUT2D eigenvalue weighted by Gasteiger charge is 2.11. The quantitative estimate of drug-likeness (QED) is 0.844. The van der Waals surface area contributed by atoms with Crippen molar-refractivity contribution >= 4 is 17.3 Å². The van der Waals surface area contributed by atoms with E-state index in [1.54, 1.807) is 25.4 Å². The third-order valence-corrected chi connectivity index (χ3v) is 2.83. The first-order chi connectivity index (χ1) is 10.1. The van der Waals surface area contributed by atoms with Gasteiger partial charge in [-0.25, -0.2) is 4.98 Å². The molecule has 0 saturated heterocycles. The van der Waals surface area contributed by atoms with E-state index in [9.17, 15) is 9.59 Å². The maximum atomic E-state index is 12.1. The molecule has 2 aromatic rings. The molecule has 7 heteroatoms. The highest BCUT2D eigenvalue weighted by molar-refractivity contribution is 6.06. The number of nitrogen functional groups attached to an aromatic ring is 1. The van der Waals surface area contributed by atoms with Crippen molar-refractivity contribution in [1.29, 1.82) is 0 Å². The highest BCUT2D eigenvalue weighted by atomic mass is 16.5. The Hall–Kier alpha value is -2.67. The second kappa shape index (κ2) is 6.67. The van der Waals surface area contributed by atoms with Crippen LogP contribution in [0, 0.1) is 0 Å². The van der Waals surface area contributed by atoms with Crippen LogP contribution in [-0.4, -0.2) is 29.2 Å². The second-order valence-corrected chi connectivity index (χ2v) is 4.34. The van der Waals surface area contributed by atoms with Gasteiger partial charge in [0.2, 0.25) is 0 Å². The zero-order chi connectivity index (χ0) is 15.2. The van der Waals surface area contributed by atoms with Gasteiger partial charge in [-0.15, -0.1) is 0 Å². The SMILES string of the molecule is COCCn1cc(NC(=O)c2ncccc2N)ccc1=O. The van der Waals surface area contributed by atoms with Crippen LogP contribution in [0.25, 0.3) is 0 Å². The first-order valence-corrected chi connectivity index (χ1v) is 6.33. The Labute approximate surface area is 121 Å². The number of rotatable bonds is 5. The summed E-state index contributed by atoms with van der Waals surface area (Å²) in [4.78, 5) is 27.7. The van der Waals surface area contributed by atoms with E-state index in [0.717, 1.165) is 0 Å². The molecule has 2 aromatic heterocycles. The van der Waals surface area contributed by atoms with Crippen LogP contribution in [0.15, 0.2) is 41.5 Å². The van der Waals surface area contributed by atoms with Gasteiger partial charge in [0.25, 0.3) is 11.5 Å². The third-order valence-electron chi connectivity index (χ3n) is 2.83. The monoisotopic (exact) mass is 288 g/mol. The van der Waals surface area contributed by atoms with Gasteiger partial charge in [-0.2, -0.15) is 0 Å². The molecule has 21 heavy (non-hydrogen) atoms. The molecule has 0 unspecified atom stereocenters. The standard InChI is InChI=1S/C14H16N4O3/c1-21-8-7-18-9-10(4-5-12(18)19)17-14(20)13-11(15)3-2-6-16-13/h2-6,9H,7-8,15H2,1H3,(H,17,20). The topological polar surface area (TPSA) is 99.2 Å². The molecule has 0 aromatic carbocycles. The molecular formula is C14H16N4O3. The number of methoxy groups -OCH3 is 1. The molecule has 7 nitrogen and oxygen atoms in total. The summed E-state index contributed by atoms with van der Waals surface area (Å²) >= 11 is 0. The number of hydrogen-bond acceptors (Lipinski definition) is 5. The highest BCUT2D eigenvalue weighted by Crippen LogP contribution is 2.11. The molecule has 2 rings (SSSR count). The molecule has 1 amide bonds. The molecule has 0 aliphatic carbocycles. The lowest BCUT2D eigenvalue weighted by atomic mass is 10.3. The Morgan fingerprint density at radius 2 is 2.24 bits per heavy atom. The van der Waals surface area contributed by atoms with Gasteiger partial charge in [0.05, 0.1) is 18.0 Å². The van der Waals surface area contributed by atoms with Crippen LogP contribution in [0.4, 0.5) is 11.4 Å². The van der Waals surface area contributed by atoms with Gasteiger partial charge in [0.15, 0.2) is 5.69 Å². The fraction of sp³-hybridized carbons (Fsp3) is 0.214. The van der Waals surface area contributed by atoms with Crippen molar-refractivity contribution in [3.8, 4) is 0 Å². The number of amides is 1. The largest absolute Gasteiger partial charge is 0.397 e. The Balaban J connectivity index is 2.18. The lowest BCUT2D eigenvalue weighted by molar-refractivity contribution is 0.102. The van der Waals surface area contributed by atoms with E-state index in [0.29, 0.717) is 24.5 Å². The molecule has 0 aliphatic rings. The fourth-order valence-corrected chi connectivity index (χ4v) is 1.77. The van der Waals surface area contributed by atoms with Crippen LogP contribution >= 0.6 is 0 Å². The molecule has 0 saturated carbocycles. The van der Waals surface area contributed by atoms with Crippen LogP contribution in [0.5, 0.6) is 0 Å². The van der Waals surface area contributed by atoms with E-state index in [1.807, 2.05) is 0 Å². The van der Waals surface area contributed by atoms with E-state index in [1.165, 1.54) is 22.9 Å². The molecular weight excluding hydrogens is 272 g/mol. The minimum Gasteiger partial charge on any atom is -0.397 e. The van der Waals surface area contributed by atoms with Crippen LogP contribution in [0.2, 0.25) is 0 Å². The summed E-state index contributed by atoms with van der Waals surface area (Å²) < 4.78 is 6.39. The summed E-state index contributed by atoms with van der Waals surface area (Å²) in [6.07, 6.45) is 3.04. The summed E-state index contributed by atoms with van der Waals surface area (Å²) in [6.45, 7) is 0.815. The number of pyridine rings is 2. The van der Waals surface area contributed by atoms with Crippen LogP contribution in [0.1, 0.15) is 10.5 Å². The van der Waals surface area contributed by atoms with E-state index in [4.69, 9.17) is 10.5 Å². The van der Waals surface area contributed by atoms with Crippen molar-refractivity contribution in [1.82, 2.24) is 9.55 Å². The predicted octanol–water partition coefficient (Wildman–Crippen LogP) is 0.724. The van der Waals surface area contributed by atoms with Crippen molar-refractivity contribution in [2.45, 2.75) is 6.54 Å². The Morgan fingerprint density at radius 3 is 2.95 bits per heavy atom. The number of nitrogens with two attached hydrogens (primary N) is 1. The van der Waals surface area contributed by atoms with Crippen LogP contribution < -0.4 is 16.6 Å². The summed E-state index contributed by atoms with van der Waals surface area (Å²) in [5.74, 6) is -0.426. The number of nitrogens with zero attached hydrogens (tertiary/aromatic N) is 2. The van der Waals surface area contributed by atoms with E-state index in [2.05, 4.69) is 10.3 Å². The van der Waals surface area contributed by atoms with Gasteiger partial charge < -0.3 is 20.4 Å². The fourth-order valence-electron chi connectivity index (χ4n) is 1.77. The second-order valence-electron chi connectivity index (χ2n) is 4.34. The first kappa shape index (κ1) is 14.7. The van der Waals surface area contributed by atoms with Crippen molar-refractivity contribution < 1.29 is 9.53 Å². The number of anilines is 2. The lowest BCUT2D eigenvalue weighted by Crippen LogP contribution is -2.22. The molecule has 0 atom stereocenters. The Bertz CT molecular complexity index is 697. The van der Waals surface area contributed by atoms with Crippen LogP contribution in [0.3, 0.4) is 0 Å². The number of nitrogens with one attached hydrogen (secondary N) is 1. The molecule has 0 spiro atoms. The smallest absolute Gasteiger partial charge is 0.276 e. The summed E-state index contributed by atoms with van der Waals surface area (Å²) in [7, 11) is 1.56. The van der Waals surface area contributed by atoms with Gasteiger partial charge in [-0.1, -0.05) is 0 Å². The van der Waals surface area contributed by atoms with Gasteiger partial charge in [-0.05, 0) is 18.2 Å². The number of ether oxygens (including phenoxy) is 1. The van der Waals surface area contributed by atoms with Gasteiger partial charge in [0, 0.05) is 32.1 Å². The number of carbonyl (C=O) groups is 1. The van der Waals surface area contributed by atoms with Gasteiger partial charge in [-0.3, -0.25) is 9.59 Å². The van der Waals surface area contributed by atoms with E-state index < -0.39 is 5.91 Å². The number of hydrogen-bond donors (Lipinski definition) is 2. The lowest BCUT2D eigenvalue weighted by Gasteiger charge is -2.09. The molecule has 110 valence electrons. The summed E-state index contributed by atoms with van der Waals surface area (Å²) in [5, 5.41) is 2.66. The van der Waals surface area contributed by atoms with E-state index >= 15 is 0 Å². The number of aromatic nitrogens is 2. The minimum absolute atomic E-state index is 0.146. The van der Waals surface area contributed by atoms with Crippen molar-refractivity contribution in [3.63, 3.8) is 0 Å². The van der Waals surface area contributed by atoms with Gasteiger partial charge in [0.1, 0.15) is 0 Å². The molecule has 0 radical (unpaired) electrons. The molecule has 2 heterocycles. The Kier molecular flexibility index (Phi) is 4.68. The number of carbonyl (C=O) groups excluding carboxylic acids is 1. The molecule has 0 bridgehead atoms. The minimum atomic E-state index is -0.426. The third kappa shape index (κ3) is 3.67. The Morgan fingerprint density at radius 1 is 1.43 bits per heavy atom. The summed E-state index contributed by atoms with van der Waals surface area (Å²) in [5.41, 5.74) is 6.46. The summed E-state index contributed by atoms with van der Waals surface area (Å²) in [6, 6.07) is 6.16. The van der Waals surface area contributed by atoms with Crippen molar-refractivity contribution in [2.24, 2.45) is 0 Å². The normalized spacial score (nSPS) is 10.3. The average molecular weight is 288 g/mol. The maximum absolute atomic E-state index is 12.1. The zero-order valence-electron chi connectivity index (χ0n) is 11.6. The first-order valence-electron chi connectivity index (χ1n) is 6.33. The molecule has 3 N–H and O–H groups in total. The zero-order valence-corrected chi connectivity index (χ0v) is 11.6. The van der Waals surface area contributed by atoms with Crippen molar-refractivity contribution in [3.05, 3.63) is 52.7 Å². The molecule has 0 aliphatic heterocycles. The van der Waals surface area contributed by atoms with Gasteiger partial charge >= 0.3 is 0 Å².